The van der Waals surface area contributed by atoms with Gasteiger partial charge in [-0.05, 0) is 23.8 Å². The Labute approximate surface area is 119 Å². The summed E-state index contributed by atoms with van der Waals surface area (Å²) in [5.41, 5.74) is 1.68. The molecule has 0 atom stereocenters. The number of benzene rings is 1. The molecule has 0 amide bonds. The number of hydrogen-bond donors (Lipinski definition) is 0. The third-order valence-electron chi connectivity index (χ3n) is 2.91. The van der Waals surface area contributed by atoms with E-state index < -0.39 is 0 Å². The topological polar surface area (TPSA) is 60.9 Å². The number of aromatic nitrogens is 3. The molecule has 0 aliphatic rings. The number of rotatable bonds is 4. The Morgan fingerprint density at radius 1 is 1.25 bits per heavy atom. The molecule has 0 aliphatic heterocycles. The molecule has 100 valence electrons. The van der Waals surface area contributed by atoms with Gasteiger partial charge < -0.3 is 4.42 Å². The van der Waals surface area contributed by atoms with Gasteiger partial charge in [-0.15, -0.1) is 5.10 Å². The summed E-state index contributed by atoms with van der Waals surface area (Å²) in [6.45, 7) is 0.413. The maximum Gasteiger partial charge on any atom is 0.172 e. The van der Waals surface area contributed by atoms with Crippen LogP contribution in [-0.2, 0) is 6.54 Å². The molecule has 3 aromatic rings. The number of halogens is 1. The number of carbonyl (C=O) groups excluding carboxylic acids is 1. The predicted octanol–water partition coefficient (Wildman–Crippen LogP) is 3.05. The van der Waals surface area contributed by atoms with Gasteiger partial charge in [0.1, 0.15) is 5.69 Å². The van der Waals surface area contributed by atoms with E-state index in [4.69, 9.17) is 16.0 Å². The normalized spacial score (nSPS) is 10.7. The van der Waals surface area contributed by atoms with Crippen molar-refractivity contribution < 1.29 is 9.21 Å². The monoisotopic (exact) mass is 287 g/mol. The molecule has 20 heavy (non-hydrogen) atoms. The van der Waals surface area contributed by atoms with E-state index in [0.29, 0.717) is 29.3 Å². The Bertz CT molecular complexity index is 735. The summed E-state index contributed by atoms with van der Waals surface area (Å²) in [5, 5.41) is 8.49. The van der Waals surface area contributed by atoms with Crippen LogP contribution in [0.15, 0.2) is 47.1 Å². The Morgan fingerprint density at radius 3 is 2.80 bits per heavy atom. The maximum atomic E-state index is 11.1. The van der Waals surface area contributed by atoms with Crippen molar-refractivity contribution in [3.63, 3.8) is 0 Å². The molecule has 0 saturated heterocycles. The summed E-state index contributed by atoms with van der Waals surface area (Å²) in [4.78, 5) is 11.1. The zero-order valence-electron chi connectivity index (χ0n) is 10.4. The molecule has 0 saturated carbocycles. The molecule has 0 radical (unpaired) electrons. The molecule has 0 fully saturated rings. The molecule has 1 aromatic carbocycles. The van der Waals surface area contributed by atoms with Gasteiger partial charge in [0.05, 0.1) is 12.8 Å². The van der Waals surface area contributed by atoms with Gasteiger partial charge in [-0.1, -0.05) is 35.0 Å². The van der Waals surface area contributed by atoms with Crippen molar-refractivity contribution in [1.29, 1.82) is 0 Å². The highest BCUT2D eigenvalue weighted by molar-refractivity contribution is 6.31. The second kappa shape index (κ2) is 5.30. The lowest BCUT2D eigenvalue weighted by atomic mass is 10.2. The fourth-order valence-corrected chi connectivity index (χ4v) is 2.17. The van der Waals surface area contributed by atoms with Crippen molar-refractivity contribution in [2.75, 3.05) is 0 Å². The third-order valence-corrected chi connectivity index (χ3v) is 3.27. The Morgan fingerprint density at radius 2 is 2.10 bits per heavy atom. The van der Waals surface area contributed by atoms with Gasteiger partial charge in [0.2, 0.25) is 0 Å². The molecule has 2 aromatic heterocycles. The predicted molar refractivity (Wildman–Crippen MR) is 73.7 cm³/mol. The average molecular weight is 288 g/mol. The van der Waals surface area contributed by atoms with Crippen molar-refractivity contribution in [3.05, 3.63) is 58.9 Å². The zero-order valence-corrected chi connectivity index (χ0v) is 11.1. The van der Waals surface area contributed by atoms with E-state index in [9.17, 15) is 4.79 Å². The molecule has 2 heterocycles. The van der Waals surface area contributed by atoms with Crippen molar-refractivity contribution in [2.45, 2.75) is 6.54 Å². The number of nitrogens with zero attached hydrogens (tertiary/aromatic N) is 3. The third kappa shape index (κ3) is 2.23. The molecule has 0 unspecified atom stereocenters. The highest BCUT2D eigenvalue weighted by Crippen LogP contribution is 2.24. The van der Waals surface area contributed by atoms with Crippen LogP contribution in [0.25, 0.3) is 11.5 Å². The highest BCUT2D eigenvalue weighted by atomic mass is 35.5. The standard InChI is InChI=1S/C14H10ClN3O2/c15-11-5-2-1-4-10(11)8-18-14(12(9-19)16-17-18)13-6-3-7-20-13/h1-7,9H,8H2. The Hall–Kier alpha value is -2.40. The Kier molecular flexibility index (Phi) is 3.35. The number of hydrogen-bond acceptors (Lipinski definition) is 4. The Balaban J connectivity index is 2.05. The van der Waals surface area contributed by atoms with E-state index in [1.165, 1.54) is 6.26 Å². The van der Waals surface area contributed by atoms with E-state index in [1.807, 2.05) is 18.2 Å². The highest BCUT2D eigenvalue weighted by Gasteiger charge is 2.17. The van der Waals surface area contributed by atoms with Gasteiger partial charge in [-0.2, -0.15) is 0 Å². The summed E-state index contributed by atoms with van der Waals surface area (Å²) in [7, 11) is 0. The molecule has 0 spiro atoms. The van der Waals surface area contributed by atoms with Crippen LogP contribution in [-0.4, -0.2) is 21.3 Å². The van der Waals surface area contributed by atoms with Crippen LogP contribution in [0.2, 0.25) is 5.02 Å². The molecule has 5 nitrogen and oxygen atoms in total. The minimum Gasteiger partial charge on any atom is -0.463 e. The first-order valence-electron chi connectivity index (χ1n) is 5.95. The SMILES string of the molecule is O=Cc1nnn(Cc2ccccc2Cl)c1-c1ccco1. The van der Waals surface area contributed by atoms with E-state index in [0.717, 1.165) is 5.56 Å². The smallest absolute Gasteiger partial charge is 0.172 e. The summed E-state index contributed by atoms with van der Waals surface area (Å²) in [6.07, 6.45) is 2.20. The first kappa shape index (κ1) is 12.6. The van der Waals surface area contributed by atoms with Gasteiger partial charge in [0.15, 0.2) is 17.7 Å². The quantitative estimate of drug-likeness (QED) is 0.692. The summed E-state index contributed by atoms with van der Waals surface area (Å²) in [5.74, 6) is 0.546. The number of carbonyl (C=O) groups is 1. The molecule has 6 heteroatoms. The average Bonchev–Trinajstić information content (AvgIpc) is 3.09. The number of aldehydes is 1. The maximum absolute atomic E-state index is 11.1. The largest absolute Gasteiger partial charge is 0.463 e. The lowest BCUT2D eigenvalue weighted by Crippen LogP contribution is -2.04. The fourth-order valence-electron chi connectivity index (χ4n) is 1.97. The first-order valence-corrected chi connectivity index (χ1v) is 6.33. The molecular weight excluding hydrogens is 278 g/mol. The van der Waals surface area contributed by atoms with Gasteiger partial charge in [-0.3, -0.25) is 4.79 Å². The van der Waals surface area contributed by atoms with Crippen molar-refractivity contribution in [1.82, 2.24) is 15.0 Å². The van der Waals surface area contributed by atoms with Crippen LogP contribution in [0.3, 0.4) is 0 Å². The summed E-state index contributed by atoms with van der Waals surface area (Å²) < 4.78 is 6.94. The van der Waals surface area contributed by atoms with Crippen molar-refractivity contribution >= 4 is 17.9 Å². The van der Waals surface area contributed by atoms with Gasteiger partial charge in [0, 0.05) is 5.02 Å². The van der Waals surface area contributed by atoms with Crippen molar-refractivity contribution in [2.24, 2.45) is 0 Å². The zero-order chi connectivity index (χ0) is 13.9. The van der Waals surface area contributed by atoms with Crippen LogP contribution in [0.4, 0.5) is 0 Å². The molecule has 0 bridgehead atoms. The minimum absolute atomic E-state index is 0.243. The molecular formula is C14H10ClN3O2. The molecule has 3 rings (SSSR count). The first-order chi connectivity index (χ1) is 9.79. The molecule has 0 aliphatic carbocycles. The summed E-state index contributed by atoms with van der Waals surface area (Å²) in [6, 6.07) is 11.0. The van der Waals surface area contributed by atoms with Crippen LogP contribution in [0, 0.1) is 0 Å². The molecule has 0 N–H and O–H groups in total. The van der Waals surface area contributed by atoms with Crippen LogP contribution >= 0.6 is 11.6 Å². The van der Waals surface area contributed by atoms with Crippen LogP contribution < -0.4 is 0 Å². The van der Waals surface area contributed by atoms with Crippen molar-refractivity contribution in [3.8, 4) is 11.5 Å². The van der Waals surface area contributed by atoms with Gasteiger partial charge in [0.25, 0.3) is 0 Å². The lowest BCUT2D eigenvalue weighted by molar-refractivity contribution is 0.111. The van der Waals surface area contributed by atoms with Crippen LogP contribution in [0.5, 0.6) is 0 Å². The fraction of sp³-hybridized carbons (Fsp3) is 0.0714. The van der Waals surface area contributed by atoms with E-state index in [1.54, 1.807) is 22.9 Å². The van der Waals surface area contributed by atoms with Gasteiger partial charge in [-0.25, -0.2) is 4.68 Å². The van der Waals surface area contributed by atoms with Crippen LogP contribution in [0.1, 0.15) is 16.1 Å². The van der Waals surface area contributed by atoms with E-state index in [2.05, 4.69) is 10.3 Å². The second-order valence-electron chi connectivity index (χ2n) is 4.17. The lowest BCUT2D eigenvalue weighted by Gasteiger charge is -2.06. The summed E-state index contributed by atoms with van der Waals surface area (Å²) >= 11 is 6.14. The van der Waals surface area contributed by atoms with E-state index >= 15 is 0 Å². The second-order valence-corrected chi connectivity index (χ2v) is 4.57. The minimum atomic E-state index is 0.243. The van der Waals surface area contributed by atoms with E-state index in [-0.39, 0.29) is 5.69 Å². The number of furan rings is 1. The van der Waals surface area contributed by atoms with Gasteiger partial charge >= 0.3 is 0 Å².